The van der Waals surface area contributed by atoms with Crippen LogP contribution in [-0.2, 0) is 0 Å². The van der Waals surface area contributed by atoms with Crippen LogP contribution >= 0.6 is 0 Å². The molecular formula is C17H21NO2. The van der Waals surface area contributed by atoms with Gasteiger partial charge in [0.2, 0.25) is 0 Å². The largest absolute Gasteiger partial charge is 0.493 e. The molecule has 2 aromatic carbocycles. The van der Waals surface area contributed by atoms with Crippen molar-refractivity contribution in [1.29, 1.82) is 0 Å². The number of aryl methyl sites for hydroxylation is 2. The maximum absolute atomic E-state index is 5.89. The molecule has 0 heterocycles. The molecule has 3 heteroatoms. The number of rotatable bonds is 6. The highest BCUT2D eigenvalue weighted by Gasteiger charge is 2.03. The normalized spacial score (nSPS) is 10.3. The van der Waals surface area contributed by atoms with Crippen LogP contribution < -0.4 is 15.2 Å². The summed E-state index contributed by atoms with van der Waals surface area (Å²) in [6.07, 6.45) is 0.835. The highest BCUT2D eigenvalue weighted by atomic mass is 16.5. The average molecular weight is 271 g/mol. The van der Waals surface area contributed by atoms with E-state index in [1.807, 2.05) is 56.3 Å². The van der Waals surface area contributed by atoms with Gasteiger partial charge in [-0.3, -0.25) is 0 Å². The first-order valence-electron chi connectivity index (χ1n) is 6.84. The van der Waals surface area contributed by atoms with Crippen molar-refractivity contribution in [3.8, 4) is 11.5 Å². The summed E-state index contributed by atoms with van der Waals surface area (Å²) in [4.78, 5) is 0. The average Bonchev–Trinajstić information content (AvgIpc) is 2.45. The van der Waals surface area contributed by atoms with Crippen LogP contribution in [0.5, 0.6) is 11.5 Å². The summed E-state index contributed by atoms with van der Waals surface area (Å²) < 4.78 is 11.4. The first kappa shape index (κ1) is 14.3. The topological polar surface area (TPSA) is 44.5 Å². The Morgan fingerprint density at radius 3 is 2.35 bits per heavy atom. The van der Waals surface area contributed by atoms with Gasteiger partial charge in [-0.1, -0.05) is 24.3 Å². The number of anilines is 1. The summed E-state index contributed by atoms with van der Waals surface area (Å²) in [6, 6.07) is 13.7. The lowest BCUT2D eigenvalue weighted by Crippen LogP contribution is -2.06. The van der Waals surface area contributed by atoms with Crippen molar-refractivity contribution >= 4 is 5.69 Å². The van der Waals surface area contributed by atoms with Gasteiger partial charge in [0.15, 0.2) is 0 Å². The lowest BCUT2D eigenvalue weighted by Gasteiger charge is -2.12. The summed E-state index contributed by atoms with van der Waals surface area (Å²) in [5.41, 5.74) is 8.86. The number of hydrogen-bond acceptors (Lipinski definition) is 3. The quantitative estimate of drug-likeness (QED) is 0.643. The van der Waals surface area contributed by atoms with E-state index in [1.54, 1.807) is 0 Å². The molecule has 0 saturated carbocycles. The van der Waals surface area contributed by atoms with Gasteiger partial charge in [-0.15, -0.1) is 0 Å². The lowest BCUT2D eigenvalue weighted by molar-refractivity contribution is 0.246. The number of benzene rings is 2. The molecule has 3 nitrogen and oxygen atoms in total. The van der Waals surface area contributed by atoms with Gasteiger partial charge in [-0.2, -0.15) is 0 Å². The highest BCUT2D eigenvalue weighted by molar-refractivity contribution is 5.54. The maximum atomic E-state index is 5.89. The third-order valence-electron chi connectivity index (χ3n) is 3.12. The van der Waals surface area contributed by atoms with E-state index in [9.17, 15) is 0 Å². The maximum Gasteiger partial charge on any atom is 0.124 e. The molecule has 20 heavy (non-hydrogen) atoms. The van der Waals surface area contributed by atoms with E-state index in [0.29, 0.717) is 13.2 Å². The van der Waals surface area contributed by atoms with E-state index in [0.717, 1.165) is 34.7 Å². The van der Waals surface area contributed by atoms with Crippen LogP contribution in [0.4, 0.5) is 5.69 Å². The van der Waals surface area contributed by atoms with E-state index in [-0.39, 0.29) is 0 Å². The van der Waals surface area contributed by atoms with Crippen LogP contribution in [0, 0.1) is 13.8 Å². The summed E-state index contributed by atoms with van der Waals surface area (Å²) in [5, 5.41) is 0. The van der Waals surface area contributed by atoms with Crippen molar-refractivity contribution in [2.24, 2.45) is 0 Å². The molecule has 0 radical (unpaired) electrons. The fourth-order valence-corrected chi connectivity index (χ4v) is 1.95. The second kappa shape index (κ2) is 6.85. The summed E-state index contributed by atoms with van der Waals surface area (Å²) in [5.74, 6) is 1.75. The Balaban J connectivity index is 1.75. The summed E-state index contributed by atoms with van der Waals surface area (Å²) in [6.45, 7) is 5.29. The number of hydrogen-bond donors (Lipinski definition) is 1. The van der Waals surface area contributed by atoms with Gasteiger partial charge in [-0.05, 0) is 37.1 Å². The fourth-order valence-electron chi connectivity index (χ4n) is 1.95. The van der Waals surface area contributed by atoms with Crippen molar-refractivity contribution < 1.29 is 9.47 Å². The Morgan fingerprint density at radius 1 is 0.900 bits per heavy atom. The number of para-hydroxylation sites is 1. The monoisotopic (exact) mass is 271 g/mol. The van der Waals surface area contributed by atoms with Crippen molar-refractivity contribution in [2.45, 2.75) is 20.3 Å². The molecule has 0 amide bonds. The molecule has 0 aliphatic heterocycles. The van der Waals surface area contributed by atoms with E-state index in [1.165, 1.54) is 0 Å². The molecule has 0 unspecified atom stereocenters. The first-order chi connectivity index (χ1) is 9.66. The van der Waals surface area contributed by atoms with Gasteiger partial charge in [0.1, 0.15) is 11.5 Å². The minimum absolute atomic E-state index is 0.621. The molecule has 0 saturated heterocycles. The van der Waals surface area contributed by atoms with Crippen LogP contribution in [0.3, 0.4) is 0 Å². The third kappa shape index (κ3) is 3.92. The zero-order valence-electron chi connectivity index (χ0n) is 12.1. The molecule has 0 aliphatic carbocycles. The fraction of sp³-hybridized carbons (Fsp3) is 0.294. The Kier molecular flexibility index (Phi) is 4.88. The molecule has 0 aromatic heterocycles. The van der Waals surface area contributed by atoms with Crippen molar-refractivity contribution in [3.63, 3.8) is 0 Å². The van der Waals surface area contributed by atoms with E-state index in [4.69, 9.17) is 15.2 Å². The SMILES string of the molecule is Cc1cc(C)c(OCCCOc2ccccc2)cc1N. The molecule has 0 spiro atoms. The molecule has 0 atom stereocenters. The Morgan fingerprint density at radius 2 is 1.60 bits per heavy atom. The van der Waals surface area contributed by atoms with Gasteiger partial charge < -0.3 is 15.2 Å². The predicted octanol–water partition coefficient (Wildman–Crippen LogP) is 3.73. The Hall–Kier alpha value is -2.16. The molecule has 0 fully saturated rings. The molecule has 2 aromatic rings. The Labute approximate surface area is 120 Å². The lowest BCUT2D eigenvalue weighted by atomic mass is 10.1. The zero-order valence-corrected chi connectivity index (χ0v) is 12.1. The second-order valence-corrected chi connectivity index (χ2v) is 4.84. The van der Waals surface area contributed by atoms with Crippen LogP contribution in [0.15, 0.2) is 42.5 Å². The van der Waals surface area contributed by atoms with Gasteiger partial charge in [0.25, 0.3) is 0 Å². The third-order valence-corrected chi connectivity index (χ3v) is 3.12. The van der Waals surface area contributed by atoms with Crippen LogP contribution in [0.2, 0.25) is 0 Å². The number of ether oxygens (including phenoxy) is 2. The number of nitrogens with two attached hydrogens (primary N) is 1. The van der Waals surface area contributed by atoms with Crippen LogP contribution in [0.25, 0.3) is 0 Å². The van der Waals surface area contributed by atoms with Gasteiger partial charge in [0, 0.05) is 18.2 Å². The molecule has 0 aliphatic rings. The van der Waals surface area contributed by atoms with Crippen LogP contribution in [0.1, 0.15) is 17.5 Å². The summed E-state index contributed by atoms with van der Waals surface area (Å²) >= 11 is 0. The molecule has 0 bridgehead atoms. The van der Waals surface area contributed by atoms with Crippen molar-refractivity contribution in [2.75, 3.05) is 18.9 Å². The molecule has 106 valence electrons. The van der Waals surface area contributed by atoms with Gasteiger partial charge >= 0.3 is 0 Å². The smallest absolute Gasteiger partial charge is 0.124 e. The van der Waals surface area contributed by atoms with Crippen molar-refractivity contribution in [1.82, 2.24) is 0 Å². The molecule has 2 N–H and O–H groups in total. The minimum Gasteiger partial charge on any atom is -0.493 e. The second-order valence-electron chi connectivity index (χ2n) is 4.84. The Bertz CT molecular complexity index is 552. The predicted molar refractivity (Wildman–Crippen MR) is 82.4 cm³/mol. The molecular weight excluding hydrogens is 250 g/mol. The van der Waals surface area contributed by atoms with Crippen LogP contribution in [-0.4, -0.2) is 13.2 Å². The minimum atomic E-state index is 0.621. The zero-order chi connectivity index (χ0) is 14.4. The standard InChI is InChI=1S/C17H21NO2/c1-13-11-14(2)17(12-16(13)18)20-10-6-9-19-15-7-4-3-5-8-15/h3-5,7-8,11-12H,6,9-10,18H2,1-2H3. The van der Waals surface area contributed by atoms with Crippen molar-refractivity contribution in [3.05, 3.63) is 53.6 Å². The number of nitrogen functional groups attached to an aromatic ring is 1. The van der Waals surface area contributed by atoms with E-state index in [2.05, 4.69) is 0 Å². The highest BCUT2D eigenvalue weighted by Crippen LogP contribution is 2.24. The van der Waals surface area contributed by atoms with E-state index < -0.39 is 0 Å². The summed E-state index contributed by atoms with van der Waals surface area (Å²) in [7, 11) is 0. The first-order valence-corrected chi connectivity index (χ1v) is 6.84. The van der Waals surface area contributed by atoms with Gasteiger partial charge in [0.05, 0.1) is 13.2 Å². The van der Waals surface area contributed by atoms with E-state index >= 15 is 0 Å². The van der Waals surface area contributed by atoms with Gasteiger partial charge in [-0.25, -0.2) is 0 Å². The molecule has 2 rings (SSSR count).